The summed E-state index contributed by atoms with van der Waals surface area (Å²) in [6, 6.07) is 0. The van der Waals surface area contributed by atoms with Gasteiger partial charge in [0.15, 0.2) is 0 Å². The molecule has 11 nitrogen and oxygen atoms in total. The highest BCUT2D eigenvalue weighted by Gasteiger charge is 1.89. The van der Waals surface area contributed by atoms with Gasteiger partial charge in [0.2, 0.25) is 0 Å². The van der Waals surface area contributed by atoms with Crippen molar-refractivity contribution in [3.8, 4) is 0 Å². The number of hydrogen-bond acceptors (Lipinski definition) is 7. The minimum absolute atomic E-state index is 0. The first-order chi connectivity index (χ1) is 5.46. The molecule has 0 radical (unpaired) electrons. The number of nitrogens with zero attached hydrogens (tertiary/aromatic N) is 1. The van der Waals surface area contributed by atoms with Crippen LogP contribution in [0.1, 0.15) is 0 Å². The summed E-state index contributed by atoms with van der Waals surface area (Å²) in [6.45, 7) is 0. The van der Waals surface area contributed by atoms with Crippen molar-refractivity contribution in [1.82, 2.24) is 0 Å². The zero-order valence-electron chi connectivity index (χ0n) is 5.88. The van der Waals surface area contributed by atoms with E-state index in [1.807, 2.05) is 0 Å². The van der Waals surface area contributed by atoms with Crippen molar-refractivity contribution in [3.63, 3.8) is 0 Å². The molecule has 0 fully saturated rings. The third-order valence-corrected chi connectivity index (χ3v) is 0. The summed E-state index contributed by atoms with van der Waals surface area (Å²) < 4.78 is 56.1. The van der Waals surface area contributed by atoms with Crippen molar-refractivity contribution in [3.05, 3.63) is 10.1 Å². The lowest BCUT2D eigenvalue weighted by atomic mass is 13.1. The van der Waals surface area contributed by atoms with Crippen LogP contribution < -0.4 is 27.9 Å². The number of halogens is 2. The van der Waals surface area contributed by atoms with Crippen LogP contribution in [0.25, 0.3) is 0 Å². The van der Waals surface area contributed by atoms with E-state index in [1.54, 1.807) is 0 Å². The van der Waals surface area contributed by atoms with Gasteiger partial charge in [0.25, 0.3) is 5.09 Å². The van der Waals surface area contributed by atoms with Gasteiger partial charge in [-0.25, -0.2) is 0 Å². The average Bonchev–Trinajstić information content (AvgIpc) is 1.50. The van der Waals surface area contributed by atoms with E-state index in [9.17, 15) is 0 Å². The van der Waals surface area contributed by atoms with Gasteiger partial charge < -0.3 is 12.1 Å². The highest BCUT2D eigenvalue weighted by atomic mass is 127. The van der Waals surface area contributed by atoms with Crippen molar-refractivity contribution in [2.75, 3.05) is 0 Å². The molecule has 0 heterocycles. The van der Waals surface area contributed by atoms with Crippen LogP contribution in [0.5, 0.6) is 0 Å². The Morgan fingerprint density at radius 2 is 1.21 bits per heavy atom. The summed E-state index contributed by atoms with van der Waals surface area (Å²) in [7, 11) is -4.67. The van der Waals surface area contributed by atoms with Gasteiger partial charge in [-0.05, 0) is 3.44 Å². The van der Waals surface area contributed by atoms with Crippen LogP contribution in [-0.2, 0) is 10.4 Å². The molecular weight excluding hydrogens is 368 g/mol. The lowest BCUT2D eigenvalue weighted by Gasteiger charge is -1.68. The Morgan fingerprint density at radius 3 is 1.21 bits per heavy atom. The topological polar surface area (TPSA) is 204 Å². The number of rotatable bonds is 0. The molecule has 0 aliphatic rings. The van der Waals surface area contributed by atoms with Crippen molar-refractivity contribution < 1.29 is 59.2 Å². The zero-order valence-corrected chi connectivity index (χ0v) is 9.67. The third kappa shape index (κ3) is 1600000. The summed E-state index contributed by atoms with van der Waals surface area (Å²) in [4.78, 5) is 8.36. The molecule has 0 spiro atoms. The Kier molecular flexibility index (Phi) is 21.9. The fourth-order valence-corrected chi connectivity index (χ4v) is 0. The molecule has 0 saturated carbocycles. The van der Waals surface area contributed by atoms with Crippen LogP contribution in [0.3, 0.4) is 0 Å². The van der Waals surface area contributed by atoms with E-state index in [1.165, 1.54) is 0 Å². The van der Waals surface area contributed by atoms with Gasteiger partial charge in [0, 0.05) is 0 Å². The highest BCUT2D eigenvalue weighted by molar-refractivity contribution is 7.79. The van der Waals surface area contributed by atoms with Gasteiger partial charge in [-0.1, -0.05) is 0 Å². The van der Waals surface area contributed by atoms with Crippen LogP contribution in [0.15, 0.2) is 0 Å². The first-order valence-electron chi connectivity index (χ1n) is 1.74. The third-order valence-electron chi connectivity index (χ3n) is 0. The molecule has 4 N–H and O–H groups in total. The highest BCUT2D eigenvalue weighted by Crippen LogP contribution is 1.59. The summed E-state index contributed by atoms with van der Waals surface area (Å²) in [5, 5.41) is 13.6. The van der Waals surface area contributed by atoms with E-state index >= 15 is 0 Å². The molecule has 0 atom stereocenters. The molecule has 90 valence electrons. The molecule has 0 aliphatic carbocycles. The van der Waals surface area contributed by atoms with Crippen molar-refractivity contribution in [1.29, 1.82) is 0 Å². The standard InChI is InChI=1S/ClH.HIO3.HNO3.H2O4S/c;2*2-1(3)4;1-5(2,3)4/h1H;2H;(H,2,3,4);(H2,1,2,3,4). The van der Waals surface area contributed by atoms with Crippen LogP contribution in [-0.4, -0.2) is 31.3 Å². The molecule has 14 heteroatoms. The minimum Gasteiger partial charge on any atom is -0.396 e. The fourth-order valence-electron chi connectivity index (χ4n) is 0. The molecule has 0 amide bonds. The maximum absolute atomic E-state index is 8.74. The van der Waals surface area contributed by atoms with E-state index in [-0.39, 0.29) is 12.4 Å². The maximum Gasteiger partial charge on any atom is 0.503 e. The van der Waals surface area contributed by atoms with E-state index in [0.717, 1.165) is 0 Å². The SMILES string of the molecule is Cl.O=S(=O)(O)O.O=[N+]([O-])O.[O-][I+2]([O-])O. The summed E-state index contributed by atoms with van der Waals surface area (Å²) >= 11 is -3.76. The number of hydrogen-bond donors (Lipinski definition) is 4. The molecule has 0 bridgehead atoms. The van der Waals surface area contributed by atoms with Crippen molar-refractivity contribution in [2.45, 2.75) is 0 Å². The van der Waals surface area contributed by atoms with E-state index in [2.05, 4.69) is 0 Å². The lowest BCUT2D eigenvalue weighted by molar-refractivity contribution is -1.63. The average molecular weight is 373 g/mol. The predicted molar refractivity (Wildman–Crippen MR) is 32.4 cm³/mol. The van der Waals surface area contributed by atoms with E-state index in [4.69, 9.17) is 43.2 Å². The summed E-state index contributed by atoms with van der Waals surface area (Å²) in [5.41, 5.74) is 0. The summed E-state index contributed by atoms with van der Waals surface area (Å²) in [5.74, 6) is 0. The predicted octanol–water partition coefficient (Wildman–Crippen LogP) is -6.51. The zero-order chi connectivity index (χ0) is 11.7. The first-order valence-corrected chi connectivity index (χ1v) is 5.86. The second-order valence-electron chi connectivity index (χ2n) is 0.887. The largest absolute Gasteiger partial charge is 0.503 e. The molecule has 0 aromatic carbocycles. The quantitative estimate of drug-likeness (QED) is 0.137. The molecule has 0 unspecified atom stereocenters. The van der Waals surface area contributed by atoms with Crippen LogP contribution in [0.4, 0.5) is 0 Å². The van der Waals surface area contributed by atoms with E-state index < -0.39 is 36.5 Å². The molecule has 0 aromatic heterocycles. The van der Waals surface area contributed by atoms with Gasteiger partial charge in [0.1, 0.15) is 0 Å². The molecule has 0 aliphatic heterocycles. The van der Waals surface area contributed by atoms with Crippen molar-refractivity contribution in [2.24, 2.45) is 0 Å². The van der Waals surface area contributed by atoms with Gasteiger partial charge in [0.05, 0.1) is 0 Å². The monoisotopic (exact) mass is 373 g/mol. The Morgan fingerprint density at radius 1 is 1.21 bits per heavy atom. The Labute approximate surface area is 92.1 Å². The van der Waals surface area contributed by atoms with Gasteiger partial charge in [-0.3, -0.25) is 9.11 Å². The molecule has 0 saturated heterocycles. The fraction of sp³-hybridized carbons (Fsp3) is 0. The van der Waals surface area contributed by atoms with Crippen molar-refractivity contribution >= 4 is 22.8 Å². The van der Waals surface area contributed by atoms with Crippen LogP contribution >= 0.6 is 12.4 Å². The Bertz CT molecular complexity index is 193. The van der Waals surface area contributed by atoms with Crippen LogP contribution in [0, 0.1) is 10.1 Å². The molecular formula is H5ClINO10S. The molecule has 0 rings (SSSR count). The van der Waals surface area contributed by atoms with E-state index in [0.29, 0.717) is 0 Å². The molecule has 0 aromatic rings. The molecule has 14 heavy (non-hydrogen) atoms. The summed E-state index contributed by atoms with van der Waals surface area (Å²) in [6.07, 6.45) is 0. The van der Waals surface area contributed by atoms with Gasteiger partial charge in [-0.2, -0.15) is 8.42 Å². The minimum atomic E-state index is -4.67. The van der Waals surface area contributed by atoms with Gasteiger partial charge in [-0.15, -0.1) is 22.5 Å². The smallest absolute Gasteiger partial charge is 0.396 e. The lowest BCUT2D eigenvalue weighted by Crippen LogP contribution is -3.98. The second-order valence-corrected chi connectivity index (χ2v) is 2.93. The Balaban J connectivity index is -0.0000000522. The maximum atomic E-state index is 8.74. The van der Waals surface area contributed by atoms with Crippen LogP contribution in [0.2, 0.25) is 0 Å². The second kappa shape index (κ2) is 13.0. The first kappa shape index (κ1) is 23.6. The normalized spacial score (nSPS) is 8.43. The van der Waals surface area contributed by atoms with Gasteiger partial charge >= 0.3 is 31.5 Å². The Hall–Kier alpha value is -0.0300.